The van der Waals surface area contributed by atoms with Crippen molar-refractivity contribution in [3.05, 3.63) is 72.1 Å². The molecule has 4 nitrogen and oxygen atoms in total. The van der Waals surface area contributed by atoms with E-state index in [1.165, 1.54) is 0 Å². The first kappa shape index (κ1) is 16.6. The third kappa shape index (κ3) is 3.04. The van der Waals surface area contributed by atoms with Crippen LogP contribution in [0.2, 0.25) is 5.02 Å². The van der Waals surface area contributed by atoms with Gasteiger partial charge in [0.25, 0.3) is 0 Å². The van der Waals surface area contributed by atoms with E-state index in [0.717, 1.165) is 46.6 Å². The molecule has 0 aliphatic carbocycles. The quantitative estimate of drug-likeness (QED) is 0.505. The van der Waals surface area contributed by atoms with Crippen molar-refractivity contribution in [2.45, 2.75) is 13.3 Å². The molecule has 0 saturated carbocycles. The fourth-order valence-electron chi connectivity index (χ4n) is 3.07. The molecular formula is C21H19ClN4. The SMILES string of the molecule is CCCNc1ncnc2c1c(-c1ccccc1)cn2-c1ccc(Cl)cc1. The standard InChI is InChI=1S/C21H19ClN4/c1-2-12-23-20-19-18(15-6-4-3-5-7-15)13-26(21(19)25-14-24-20)17-10-8-16(22)9-11-17/h3-11,13-14H,2,12H2,1H3,(H,23,24,25). The summed E-state index contributed by atoms with van der Waals surface area (Å²) in [6.45, 7) is 3.01. The average molecular weight is 363 g/mol. The average Bonchev–Trinajstić information content (AvgIpc) is 3.08. The predicted molar refractivity (Wildman–Crippen MR) is 108 cm³/mol. The fraction of sp³-hybridized carbons (Fsp3) is 0.143. The lowest BCUT2D eigenvalue weighted by molar-refractivity contribution is 0.968. The number of fused-ring (bicyclic) bond motifs is 1. The number of aromatic nitrogens is 3. The lowest BCUT2D eigenvalue weighted by atomic mass is 10.1. The molecule has 0 fully saturated rings. The van der Waals surface area contributed by atoms with Crippen molar-refractivity contribution in [3.63, 3.8) is 0 Å². The van der Waals surface area contributed by atoms with Gasteiger partial charge in [0.15, 0.2) is 5.65 Å². The van der Waals surface area contributed by atoms with E-state index in [0.29, 0.717) is 5.02 Å². The summed E-state index contributed by atoms with van der Waals surface area (Å²) in [6, 6.07) is 18.1. The van der Waals surface area contributed by atoms with Gasteiger partial charge in [-0.1, -0.05) is 48.9 Å². The fourth-order valence-corrected chi connectivity index (χ4v) is 3.20. The van der Waals surface area contributed by atoms with E-state index in [4.69, 9.17) is 11.6 Å². The summed E-state index contributed by atoms with van der Waals surface area (Å²) in [7, 11) is 0. The van der Waals surface area contributed by atoms with E-state index in [2.05, 4.69) is 45.1 Å². The van der Waals surface area contributed by atoms with Gasteiger partial charge < -0.3 is 9.88 Å². The smallest absolute Gasteiger partial charge is 0.150 e. The molecule has 0 saturated heterocycles. The third-order valence-electron chi connectivity index (χ3n) is 4.32. The van der Waals surface area contributed by atoms with Crippen molar-refractivity contribution in [2.24, 2.45) is 0 Å². The van der Waals surface area contributed by atoms with Crippen LogP contribution in [-0.4, -0.2) is 21.1 Å². The highest BCUT2D eigenvalue weighted by molar-refractivity contribution is 6.30. The van der Waals surface area contributed by atoms with Crippen molar-refractivity contribution in [1.29, 1.82) is 0 Å². The molecule has 4 aromatic rings. The molecule has 1 N–H and O–H groups in total. The van der Waals surface area contributed by atoms with Crippen molar-refractivity contribution in [1.82, 2.24) is 14.5 Å². The van der Waals surface area contributed by atoms with Crippen LogP contribution < -0.4 is 5.32 Å². The van der Waals surface area contributed by atoms with Crippen LogP contribution in [0, 0.1) is 0 Å². The molecule has 2 heterocycles. The van der Waals surface area contributed by atoms with Gasteiger partial charge in [-0.3, -0.25) is 0 Å². The lowest BCUT2D eigenvalue weighted by Crippen LogP contribution is -2.03. The molecule has 2 aromatic carbocycles. The number of benzene rings is 2. The molecule has 4 rings (SSSR count). The summed E-state index contributed by atoms with van der Waals surface area (Å²) in [6.07, 6.45) is 4.76. The Morgan fingerprint density at radius 2 is 1.77 bits per heavy atom. The van der Waals surface area contributed by atoms with Crippen LogP contribution in [0.4, 0.5) is 5.82 Å². The van der Waals surface area contributed by atoms with Gasteiger partial charge in [-0.2, -0.15) is 0 Å². The van der Waals surface area contributed by atoms with Crippen LogP contribution in [-0.2, 0) is 0 Å². The van der Waals surface area contributed by atoms with Gasteiger partial charge in [-0.15, -0.1) is 0 Å². The van der Waals surface area contributed by atoms with Crippen LogP contribution in [0.1, 0.15) is 13.3 Å². The van der Waals surface area contributed by atoms with Crippen LogP contribution in [0.5, 0.6) is 0 Å². The molecule has 0 unspecified atom stereocenters. The van der Waals surface area contributed by atoms with E-state index < -0.39 is 0 Å². The van der Waals surface area contributed by atoms with Gasteiger partial charge in [-0.25, -0.2) is 9.97 Å². The highest BCUT2D eigenvalue weighted by atomic mass is 35.5. The Balaban J connectivity index is 1.98. The van der Waals surface area contributed by atoms with E-state index in [-0.39, 0.29) is 0 Å². The van der Waals surface area contributed by atoms with E-state index in [1.807, 2.05) is 42.5 Å². The second kappa shape index (κ2) is 7.18. The maximum atomic E-state index is 6.06. The van der Waals surface area contributed by atoms with E-state index in [9.17, 15) is 0 Å². The summed E-state index contributed by atoms with van der Waals surface area (Å²) in [4.78, 5) is 9.07. The first-order valence-electron chi connectivity index (χ1n) is 8.69. The van der Waals surface area contributed by atoms with Crippen molar-refractivity contribution < 1.29 is 0 Å². The maximum Gasteiger partial charge on any atom is 0.150 e. The largest absolute Gasteiger partial charge is 0.369 e. The van der Waals surface area contributed by atoms with Crippen molar-refractivity contribution >= 4 is 28.5 Å². The molecule has 5 heteroatoms. The Bertz CT molecular complexity index is 1020. The molecule has 130 valence electrons. The van der Waals surface area contributed by atoms with Crippen molar-refractivity contribution in [3.8, 4) is 16.8 Å². The summed E-state index contributed by atoms with van der Waals surface area (Å²) in [5.74, 6) is 0.864. The molecular weight excluding hydrogens is 344 g/mol. The summed E-state index contributed by atoms with van der Waals surface area (Å²) in [5.41, 5.74) is 4.14. The highest BCUT2D eigenvalue weighted by Gasteiger charge is 2.17. The van der Waals surface area contributed by atoms with Crippen LogP contribution >= 0.6 is 11.6 Å². The number of anilines is 1. The number of hydrogen-bond donors (Lipinski definition) is 1. The van der Waals surface area contributed by atoms with Crippen LogP contribution in [0.3, 0.4) is 0 Å². The minimum Gasteiger partial charge on any atom is -0.369 e. The van der Waals surface area contributed by atoms with Gasteiger partial charge in [0, 0.05) is 29.0 Å². The third-order valence-corrected chi connectivity index (χ3v) is 4.57. The van der Waals surface area contributed by atoms with Crippen LogP contribution in [0.15, 0.2) is 67.1 Å². The topological polar surface area (TPSA) is 42.7 Å². The maximum absolute atomic E-state index is 6.06. The van der Waals surface area contributed by atoms with Gasteiger partial charge in [0.05, 0.1) is 5.39 Å². The minimum atomic E-state index is 0.716. The highest BCUT2D eigenvalue weighted by Crippen LogP contribution is 2.35. The zero-order valence-electron chi connectivity index (χ0n) is 14.5. The Kier molecular flexibility index (Phi) is 4.59. The van der Waals surface area contributed by atoms with E-state index >= 15 is 0 Å². The Hall–Kier alpha value is -2.85. The zero-order chi connectivity index (χ0) is 17.9. The molecule has 0 amide bonds. The zero-order valence-corrected chi connectivity index (χ0v) is 15.2. The Morgan fingerprint density at radius 3 is 2.50 bits per heavy atom. The summed E-state index contributed by atoms with van der Waals surface area (Å²) >= 11 is 6.06. The first-order valence-corrected chi connectivity index (χ1v) is 9.07. The normalized spacial score (nSPS) is 11.0. The number of hydrogen-bond acceptors (Lipinski definition) is 3. The van der Waals surface area contributed by atoms with Gasteiger partial charge >= 0.3 is 0 Å². The number of rotatable bonds is 5. The van der Waals surface area contributed by atoms with Gasteiger partial charge in [0.2, 0.25) is 0 Å². The molecule has 2 aromatic heterocycles. The number of nitrogens with one attached hydrogen (secondary N) is 1. The van der Waals surface area contributed by atoms with Gasteiger partial charge in [0.1, 0.15) is 12.1 Å². The minimum absolute atomic E-state index is 0.716. The summed E-state index contributed by atoms with van der Waals surface area (Å²) in [5, 5.41) is 5.18. The van der Waals surface area contributed by atoms with Gasteiger partial charge in [-0.05, 0) is 36.2 Å². The number of halogens is 1. The molecule has 0 bridgehead atoms. The Morgan fingerprint density at radius 1 is 1.00 bits per heavy atom. The second-order valence-corrected chi connectivity index (χ2v) is 6.54. The first-order chi connectivity index (χ1) is 12.8. The summed E-state index contributed by atoms with van der Waals surface area (Å²) < 4.78 is 2.09. The molecule has 0 radical (unpaired) electrons. The van der Waals surface area contributed by atoms with E-state index in [1.54, 1.807) is 6.33 Å². The van der Waals surface area contributed by atoms with Crippen LogP contribution in [0.25, 0.3) is 27.8 Å². The molecule has 0 atom stereocenters. The molecule has 0 aliphatic rings. The molecule has 0 spiro atoms. The predicted octanol–water partition coefficient (Wildman–Crippen LogP) is 5.56. The Labute approximate surface area is 157 Å². The second-order valence-electron chi connectivity index (χ2n) is 6.10. The number of nitrogens with zero attached hydrogens (tertiary/aromatic N) is 3. The monoisotopic (exact) mass is 362 g/mol. The lowest BCUT2D eigenvalue weighted by Gasteiger charge is -2.08. The molecule has 26 heavy (non-hydrogen) atoms. The van der Waals surface area contributed by atoms with Crippen molar-refractivity contribution in [2.75, 3.05) is 11.9 Å². The molecule has 0 aliphatic heterocycles.